The molecule has 16 heavy (non-hydrogen) atoms. The number of carboxylic acids is 1. The number of carboxylic acid groups (broad SMARTS) is 1. The van der Waals surface area contributed by atoms with Crippen LogP contribution in [0.15, 0.2) is 0 Å². The predicted molar refractivity (Wildman–Crippen MR) is 68.1 cm³/mol. The highest BCUT2D eigenvalue weighted by Gasteiger charge is 2.42. The van der Waals surface area contributed by atoms with Crippen molar-refractivity contribution in [3.8, 4) is 0 Å². The van der Waals surface area contributed by atoms with E-state index in [9.17, 15) is 9.90 Å². The molecule has 1 unspecified atom stereocenters. The van der Waals surface area contributed by atoms with Crippen LogP contribution >= 0.6 is 11.8 Å². The van der Waals surface area contributed by atoms with Gasteiger partial charge in [0.25, 0.3) is 0 Å². The molecule has 0 spiro atoms. The standard InChI is InChI=1S/C11H22N2O2S/c1-10(2,13(3)4)7-12-11(9(14)15)5-6-16-8-11/h12H,5-8H2,1-4H3,(H,14,15). The molecule has 1 aliphatic heterocycles. The first-order valence-electron chi connectivity index (χ1n) is 5.54. The van der Waals surface area contributed by atoms with Crippen LogP contribution in [-0.4, -0.2) is 59.2 Å². The number of rotatable bonds is 5. The highest BCUT2D eigenvalue weighted by molar-refractivity contribution is 7.99. The number of hydrogen-bond acceptors (Lipinski definition) is 4. The molecule has 1 heterocycles. The first-order chi connectivity index (χ1) is 7.30. The van der Waals surface area contributed by atoms with Gasteiger partial charge in [-0.25, -0.2) is 0 Å². The summed E-state index contributed by atoms with van der Waals surface area (Å²) < 4.78 is 0. The maximum Gasteiger partial charge on any atom is 0.324 e. The lowest BCUT2D eigenvalue weighted by Crippen LogP contribution is -2.58. The van der Waals surface area contributed by atoms with Crippen LogP contribution in [0.1, 0.15) is 20.3 Å². The quantitative estimate of drug-likeness (QED) is 0.754. The smallest absolute Gasteiger partial charge is 0.324 e. The Balaban J connectivity index is 2.61. The Hall–Kier alpha value is -0.260. The van der Waals surface area contributed by atoms with Crippen LogP contribution in [0.4, 0.5) is 0 Å². The van der Waals surface area contributed by atoms with Crippen LogP contribution in [0.5, 0.6) is 0 Å². The molecule has 4 nitrogen and oxygen atoms in total. The van der Waals surface area contributed by atoms with Crippen LogP contribution in [0.25, 0.3) is 0 Å². The van der Waals surface area contributed by atoms with Crippen molar-refractivity contribution in [3.63, 3.8) is 0 Å². The van der Waals surface area contributed by atoms with Gasteiger partial charge in [-0.15, -0.1) is 0 Å². The second kappa shape index (κ2) is 4.94. The Morgan fingerprint density at radius 1 is 1.56 bits per heavy atom. The Morgan fingerprint density at radius 3 is 2.56 bits per heavy atom. The molecule has 2 N–H and O–H groups in total. The SMILES string of the molecule is CN(C)C(C)(C)CNC1(C(=O)O)CCSC1. The minimum absolute atomic E-state index is 0.0320. The molecule has 0 amide bonds. The third-order valence-corrected chi connectivity index (χ3v) is 4.69. The molecule has 0 bridgehead atoms. The number of thioether (sulfide) groups is 1. The van der Waals surface area contributed by atoms with Crippen molar-refractivity contribution >= 4 is 17.7 Å². The molecule has 1 rings (SSSR count). The van der Waals surface area contributed by atoms with Crippen LogP contribution in [0.2, 0.25) is 0 Å². The largest absolute Gasteiger partial charge is 0.480 e. The normalized spacial score (nSPS) is 26.3. The van der Waals surface area contributed by atoms with E-state index in [1.807, 2.05) is 14.1 Å². The summed E-state index contributed by atoms with van der Waals surface area (Å²) in [4.78, 5) is 13.4. The molecule has 1 aliphatic rings. The van der Waals surface area contributed by atoms with Crippen LogP contribution < -0.4 is 5.32 Å². The lowest BCUT2D eigenvalue weighted by atomic mass is 9.96. The molecular formula is C11H22N2O2S. The van der Waals surface area contributed by atoms with Crippen LogP contribution in [0.3, 0.4) is 0 Å². The third kappa shape index (κ3) is 2.90. The highest BCUT2D eigenvalue weighted by atomic mass is 32.2. The van der Waals surface area contributed by atoms with Gasteiger partial charge in [-0.2, -0.15) is 11.8 Å². The molecule has 0 aromatic heterocycles. The van der Waals surface area contributed by atoms with Crippen molar-refractivity contribution in [1.29, 1.82) is 0 Å². The lowest BCUT2D eigenvalue weighted by molar-refractivity contribution is -0.144. The average Bonchev–Trinajstić information content (AvgIpc) is 2.64. The fraction of sp³-hybridized carbons (Fsp3) is 0.909. The predicted octanol–water partition coefficient (Wildman–Crippen LogP) is 0.876. The third-order valence-electron chi connectivity index (χ3n) is 3.50. The van der Waals surface area contributed by atoms with E-state index >= 15 is 0 Å². The zero-order valence-electron chi connectivity index (χ0n) is 10.5. The summed E-state index contributed by atoms with van der Waals surface area (Å²) in [6, 6.07) is 0. The number of nitrogens with zero attached hydrogens (tertiary/aromatic N) is 1. The molecular weight excluding hydrogens is 224 g/mol. The fourth-order valence-corrected chi connectivity index (χ4v) is 2.85. The maximum atomic E-state index is 11.3. The van der Waals surface area contributed by atoms with Gasteiger partial charge in [-0.1, -0.05) is 0 Å². The number of hydrogen-bond donors (Lipinski definition) is 2. The van der Waals surface area contributed by atoms with E-state index in [1.54, 1.807) is 11.8 Å². The summed E-state index contributed by atoms with van der Waals surface area (Å²) in [5, 5.41) is 12.6. The Labute approximate surface area is 102 Å². The fourth-order valence-electron chi connectivity index (χ4n) is 1.49. The van der Waals surface area contributed by atoms with Gasteiger partial charge in [0.15, 0.2) is 0 Å². The van der Waals surface area contributed by atoms with Crippen molar-refractivity contribution in [3.05, 3.63) is 0 Å². The van der Waals surface area contributed by atoms with Gasteiger partial charge in [0.2, 0.25) is 0 Å². The number of nitrogens with one attached hydrogen (secondary N) is 1. The molecule has 0 aromatic rings. The van der Waals surface area contributed by atoms with Crippen molar-refractivity contribution in [2.75, 3.05) is 32.1 Å². The maximum absolute atomic E-state index is 11.3. The zero-order chi connectivity index (χ0) is 12.4. The number of likely N-dealkylation sites (N-methyl/N-ethyl adjacent to an activating group) is 1. The lowest BCUT2D eigenvalue weighted by Gasteiger charge is -2.36. The van der Waals surface area contributed by atoms with Gasteiger partial charge < -0.3 is 10.0 Å². The van der Waals surface area contributed by atoms with Gasteiger partial charge in [0.05, 0.1) is 0 Å². The van der Waals surface area contributed by atoms with Gasteiger partial charge in [-0.3, -0.25) is 10.1 Å². The number of carbonyl (C=O) groups is 1. The van der Waals surface area contributed by atoms with Crippen LogP contribution in [-0.2, 0) is 4.79 Å². The Morgan fingerprint density at radius 2 is 2.19 bits per heavy atom. The van der Waals surface area contributed by atoms with Crippen molar-refractivity contribution in [2.24, 2.45) is 0 Å². The van der Waals surface area contributed by atoms with E-state index in [-0.39, 0.29) is 5.54 Å². The van der Waals surface area contributed by atoms with Gasteiger partial charge in [0.1, 0.15) is 5.54 Å². The van der Waals surface area contributed by atoms with E-state index in [2.05, 4.69) is 24.1 Å². The molecule has 0 radical (unpaired) electrons. The van der Waals surface area contributed by atoms with E-state index in [0.717, 1.165) is 12.2 Å². The minimum Gasteiger partial charge on any atom is -0.480 e. The zero-order valence-corrected chi connectivity index (χ0v) is 11.4. The summed E-state index contributed by atoms with van der Waals surface area (Å²) in [5.41, 5.74) is -0.742. The van der Waals surface area contributed by atoms with E-state index in [4.69, 9.17) is 0 Å². The molecule has 0 saturated carbocycles. The summed E-state index contributed by atoms with van der Waals surface area (Å²) in [6.45, 7) is 4.90. The number of aliphatic carboxylic acids is 1. The molecule has 0 aromatic carbocycles. The molecule has 5 heteroatoms. The second-order valence-electron chi connectivity index (χ2n) is 5.25. The van der Waals surface area contributed by atoms with E-state index in [1.165, 1.54) is 0 Å². The minimum atomic E-state index is -0.716. The topological polar surface area (TPSA) is 52.6 Å². The summed E-state index contributed by atoms with van der Waals surface area (Å²) >= 11 is 1.71. The Kier molecular flexibility index (Phi) is 4.26. The Bertz CT molecular complexity index is 261. The molecule has 1 fully saturated rings. The highest BCUT2D eigenvalue weighted by Crippen LogP contribution is 2.28. The van der Waals surface area contributed by atoms with Crippen molar-refractivity contribution in [1.82, 2.24) is 10.2 Å². The summed E-state index contributed by atoms with van der Waals surface area (Å²) in [6.07, 6.45) is 0.719. The van der Waals surface area contributed by atoms with Crippen LogP contribution in [0, 0.1) is 0 Å². The summed E-state index contributed by atoms with van der Waals surface area (Å²) in [7, 11) is 4.02. The van der Waals surface area contributed by atoms with Gasteiger partial charge in [0, 0.05) is 17.8 Å². The average molecular weight is 246 g/mol. The van der Waals surface area contributed by atoms with E-state index < -0.39 is 11.5 Å². The van der Waals surface area contributed by atoms with Gasteiger partial charge >= 0.3 is 5.97 Å². The first kappa shape index (κ1) is 13.8. The van der Waals surface area contributed by atoms with Crippen molar-refractivity contribution < 1.29 is 9.90 Å². The molecule has 1 saturated heterocycles. The summed E-state index contributed by atoms with van der Waals surface area (Å²) in [5.74, 6) is 0.889. The molecule has 94 valence electrons. The first-order valence-corrected chi connectivity index (χ1v) is 6.69. The second-order valence-corrected chi connectivity index (χ2v) is 6.36. The monoisotopic (exact) mass is 246 g/mol. The molecule has 1 atom stereocenters. The van der Waals surface area contributed by atoms with Crippen molar-refractivity contribution in [2.45, 2.75) is 31.3 Å². The molecule has 0 aliphatic carbocycles. The van der Waals surface area contributed by atoms with E-state index in [0.29, 0.717) is 12.3 Å². The van der Waals surface area contributed by atoms with Gasteiger partial charge in [-0.05, 0) is 40.1 Å².